The van der Waals surface area contributed by atoms with Crippen LogP contribution in [0.3, 0.4) is 0 Å². The number of hydrogen-bond acceptors (Lipinski definition) is 2. The summed E-state index contributed by atoms with van der Waals surface area (Å²) in [7, 11) is 0. The average molecular weight is 234 g/mol. The van der Waals surface area contributed by atoms with Gasteiger partial charge in [0.05, 0.1) is 6.61 Å². The zero-order chi connectivity index (χ0) is 11.9. The van der Waals surface area contributed by atoms with E-state index in [0.29, 0.717) is 36.3 Å². The van der Waals surface area contributed by atoms with Crippen LogP contribution < -0.4 is 0 Å². The van der Waals surface area contributed by atoms with Gasteiger partial charge in [0.25, 0.3) is 0 Å². The molecule has 90 valence electrons. The van der Waals surface area contributed by atoms with Gasteiger partial charge < -0.3 is 9.84 Å². The van der Waals surface area contributed by atoms with Crippen LogP contribution in [0.1, 0.15) is 30.4 Å². The van der Waals surface area contributed by atoms with Gasteiger partial charge in [0.1, 0.15) is 17.2 Å². The molecular formula is C14H15FO2. The largest absolute Gasteiger partial charge is 0.495 e. The predicted molar refractivity (Wildman–Crippen MR) is 61.9 cm³/mol. The number of halogens is 1. The van der Waals surface area contributed by atoms with Gasteiger partial charge in [-0.3, -0.25) is 0 Å². The van der Waals surface area contributed by atoms with E-state index in [4.69, 9.17) is 4.74 Å². The van der Waals surface area contributed by atoms with Gasteiger partial charge in [-0.2, -0.15) is 0 Å². The predicted octanol–water partition coefficient (Wildman–Crippen LogP) is 2.65. The molecule has 0 aromatic heterocycles. The van der Waals surface area contributed by atoms with E-state index in [1.54, 1.807) is 12.1 Å². The fraction of sp³-hybridized carbons (Fsp3) is 0.429. The van der Waals surface area contributed by atoms with Gasteiger partial charge in [-0.1, -0.05) is 12.1 Å². The quantitative estimate of drug-likeness (QED) is 0.809. The molecule has 17 heavy (non-hydrogen) atoms. The lowest BCUT2D eigenvalue weighted by Crippen LogP contribution is -2.28. The van der Waals surface area contributed by atoms with Crippen molar-refractivity contribution in [1.29, 1.82) is 0 Å². The molecule has 0 amide bonds. The fourth-order valence-corrected chi connectivity index (χ4v) is 2.74. The first-order valence-corrected chi connectivity index (χ1v) is 6.05. The van der Waals surface area contributed by atoms with Crippen molar-refractivity contribution in [3.05, 3.63) is 47.0 Å². The van der Waals surface area contributed by atoms with Crippen molar-refractivity contribution in [2.75, 3.05) is 6.61 Å². The standard InChI is InChI=1S/C14H15FO2/c15-12-5-3-4-11-10(12)7-8-14(11,16)13-6-1-2-9-17-13/h3-6,16H,1-2,7-9H2. The Labute approximate surface area is 99.7 Å². The molecule has 1 heterocycles. The van der Waals surface area contributed by atoms with Crippen LogP contribution in [0, 0.1) is 5.82 Å². The molecule has 1 aromatic rings. The highest BCUT2D eigenvalue weighted by Crippen LogP contribution is 2.44. The van der Waals surface area contributed by atoms with Crippen LogP contribution >= 0.6 is 0 Å². The van der Waals surface area contributed by atoms with E-state index in [1.165, 1.54) is 6.07 Å². The molecule has 1 aliphatic carbocycles. The van der Waals surface area contributed by atoms with Gasteiger partial charge in [0.2, 0.25) is 0 Å². The lowest BCUT2D eigenvalue weighted by atomic mass is 9.92. The Morgan fingerprint density at radius 1 is 1.35 bits per heavy atom. The van der Waals surface area contributed by atoms with E-state index in [0.717, 1.165) is 12.8 Å². The van der Waals surface area contributed by atoms with Crippen LogP contribution in [0.15, 0.2) is 30.0 Å². The molecular weight excluding hydrogens is 219 g/mol. The minimum atomic E-state index is -1.11. The summed E-state index contributed by atoms with van der Waals surface area (Å²) in [6.07, 6.45) is 4.91. The lowest BCUT2D eigenvalue weighted by molar-refractivity contribution is 0.00188. The Kier molecular flexibility index (Phi) is 2.44. The van der Waals surface area contributed by atoms with Gasteiger partial charge in [-0.15, -0.1) is 0 Å². The van der Waals surface area contributed by atoms with Crippen molar-refractivity contribution in [3.8, 4) is 0 Å². The molecule has 1 N–H and O–H groups in total. The van der Waals surface area contributed by atoms with Crippen molar-refractivity contribution < 1.29 is 14.2 Å². The fourth-order valence-electron chi connectivity index (χ4n) is 2.74. The van der Waals surface area contributed by atoms with Crippen LogP contribution in [-0.2, 0) is 16.8 Å². The molecule has 0 saturated carbocycles. The number of fused-ring (bicyclic) bond motifs is 1. The Hall–Kier alpha value is -1.35. The highest BCUT2D eigenvalue weighted by Gasteiger charge is 2.42. The molecule has 1 aliphatic heterocycles. The lowest BCUT2D eigenvalue weighted by Gasteiger charge is -2.29. The van der Waals surface area contributed by atoms with Gasteiger partial charge in [0, 0.05) is 0 Å². The number of aliphatic hydroxyl groups is 1. The summed E-state index contributed by atoms with van der Waals surface area (Å²) in [5.74, 6) is 0.378. The van der Waals surface area contributed by atoms with E-state index in [-0.39, 0.29) is 5.82 Å². The average Bonchev–Trinajstić information content (AvgIpc) is 2.72. The topological polar surface area (TPSA) is 29.5 Å². The molecule has 0 bridgehead atoms. The molecule has 0 spiro atoms. The summed E-state index contributed by atoms with van der Waals surface area (Å²) >= 11 is 0. The van der Waals surface area contributed by atoms with Gasteiger partial charge in [-0.25, -0.2) is 4.39 Å². The number of ether oxygens (including phenoxy) is 1. The SMILES string of the molecule is OC1(C2=CCCCO2)CCc2c(F)cccc21. The van der Waals surface area contributed by atoms with Crippen molar-refractivity contribution in [2.24, 2.45) is 0 Å². The first-order chi connectivity index (χ1) is 8.22. The number of rotatable bonds is 1. The van der Waals surface area contributed by atoms with Crippen molar-refractivity contribution in [2.45, 2.75) is 31.3 Å². The highest BCUT2D eigenvalue weighted by atomic mass is 19.1. The molecule has 0 radical (unpaired) electrons. The third-order valence-electron chi connectivity index (χ3n) is 3.64. The molecule has 0 saturated heterocycles. The summed E-state index contributed by atoms with van der Waals surface area (Å²) in [6, 6.07) is 4.89. The van der Waals surface area contributed by atoms with E-state index in [1.807, 2.05) is 6.08 Å². The van der Waals surface area contributed by atoms with E-state index in [9.17, 15) is 9.50 Å². The van der Waals surface area contributed by atoms with E-state index in [2.05, 4.69) is 0 Å². The third kappa shape index (κ3) is 1.57. The smallest absolute Gasteiger partial charge is 0.147 e. The maximum Gasteiger partial charge on any atom is 0.147 e. The van der Waals surface area contributed by atoms with E-state index < -0.39 is 5.60 Å². The molecule has 3 rings (SSSR count). The molecule has 3 heteroatoms. The monoisotopic (exact) mass is 234 g/mol. The molecule has 1 aromatic carbocycles. The minimum Gasteiger partial charge on any atom is -0.495 e. The second-order valence-corrected chi connectivity index (χ2v) is 4.69. The summed E-state index contributed by atoms with van der Waals surface area (Å²) in [4.78, 5) is 0. The van der Waals surface area contributed by atoms with Crippen LogP contribution in [0.25, 0.3) is 0 Å². The Balaban J connectivity index is 2.07. The van der Waals surface area contributed by atoms with Gasteiger partial charge in [0.15, 0.2) is 0 Å². The summed E-state index contributed by atoms with van der Waals surface area (Å²) in [6.45, 7) is 0.638. The number of allylic oxidation sites excluding steroid dienone is 1. The van der Waals surface area contributed by atoms with Gasteiger partial charge >= 0.3 is 0 Å². The Morgan fingerprint density at radius 2 is 2.24 bits per heavy atom. The molecule has 1 atom stereocenters. The second-order valence-electron chi connectivity index (χ2n) is 4.69. The van der Waals surface area contributed by atoms with Crippen LogP contribution in [0.4, 0.5) is 4.39 Å². The number of hydrogen-bond donors (Lipinski definition) is 1. The van der Waals surface area contributed by atoms with Gasteiger partial charge in [-0.05, 0) is 49.0 Å². The van der Waals surface area contributed by atoms with E-state index >= 15 is 0 Å². The molecule has 0 fully saturated rings. The molecule has 2 aliphatic rings. The summed E-state index contributed by atoms with van der Waals surface area (Å²) in [5.41, 5.74) is 0.188. The Morgan fingerprint density at radius 3 is 3.00 bits per heavy atom. The second kappa shape index (κ2) is 3.84. The summed E-state index contributed by atoms with van der Waals surface area (Å²) in [5, 5.41) is 10.7. The van der Waals surface area contributed by atoms with Crippen LogP contribution in [0.2, 0.25) is 0 Å². The molecule has 2 nitrogen and oxygen atoms in total. The van der Waals surface area contributed by atoms with Crippen LogP contribution in [-0.4, -0.2) is 11.7 Å². The third-order valence-corrected chi connectivity index (χ3v) is 3.64. The molecule has 1 unspecified atom stereocenters. The zero-order valence-electron chi connectivity index (χ0n) is 9.58. The number of benzene rings is 1. The first kappa shape index (κ1) is 10.8. The zero-order valence-corrected chi connectivity index (χ0v) is 9.58. The Bertz CT molecular complexity index is 481. The normalized spacial score (nSPS) is 27.3. The van der Waals surface area contributed by atoms with Crippen molar-refractivity contribution >= 4 is 0 Å². The van der Waals surface area contributed by atoms with Crippen molar-refractivity contribution in [1.82, 2.24) is 0 Å². The minimum absolute atomic E-state index is 0.227. The highest BCUT2D eigenvalue weighted by molar-refractivity contribution is 5.43. The summed E-state index contributed by atoms with van der Waals surface area (Å²) < 4.78 is 19.2. The van der Waals surface area contributed by atoms with Crippen LogP contribution in [0.5, 0.6) is 0 Å². The first-order valence-electron chi connectivity index (χ1n) is 6.05. The van der Waals surface area contributed by atoms with Crippen molar-refractivity contribution in [3.63, 3.8) is 0 Å². The maximum absolute atomic E-state index is 13.6. The maximum atomic E-state index is 13.6.